The van der Waals surface area contributed by atoms with Crippen molar-refractivity contribution in [2.75, 3.05) is 20.2 Å². The lowest BCUT2D eigenvalue weighted by molar-refractivity contribution is -0.131. The summed E-state index contributed by atoms with van der Waals surface area (Å²) in [7, 11) is 1.62. The van der Waals surface area contributed by atoms with Gasteiger partial charge in [0, 0.05) is 35.8 Å². The van der Waals surface area contributed by atoms with Crippen LogP contribution in [-0.2, 0) is 22.7 Å². The second-order valence-corrected chi connectivity index (χ2v) is 9.59. The van der Waals surface area contributed by atoms with E-state index in [9.17, 15) is 9.59 Å². The Bertz CT molecular complexity index is 1260. The van der Waals surface area contributed by atoms with E-state index in [1.807, 2.05) is 84.1 Å². The molecule has 0 aliphatic carbocycles. The molecule has 8 heteroatoms. The third-order valence-corrected chi connectivity index (χ3v) is 7.28. The van der Waals surface area contributed by atoms with Crippen molar-refractivity contribution in [1.29, 1.82) is 0 Å². The van der Waals surface area contributed by atoms with E-state index in [1.54, 1.807) is 12.0 Å². The second-order valence-electron chi connectivity index (χ2n) is 7.91. The first kappa shape index (κ1) is 24.0. The number of fused-ring (bicyclic) bond motifs is 1. The summed E-state index contributed by atoms with van der Waals surface area (Å²) in [4.78, 5) is 29.9. The SMILES string of the molecule is CCN(CC)C(=O)Cn1cc(/C=C2\SC(=S)N(Cc3ccc(OC)cc3)C2=O)c2ccccc21. The van der Waals surface area contributed by atoms with Gasteiger partial charge >= 0.3 is 0 Å². The number of para-hydroxylation sites is 1. The molecule has 1 aromatic heterocycles. The molecule has 0 bridgehead atoms. The van der Waals surface area contributed by atoms with Crippen LogP contribution in [0.3, 0.4) is 0 Å². The minimum atomic E-state index is -0.109. The smallest absolute Gasteiger partial charge is 0.266 e. The number of amides is 2. The number of hydrogen-bond acceptors (Lipinski definition) is 5. The lowest BCUT2D eigenvalue weighted by atomic mass is 10.1. The van der Waals surface area contributed by atoms with E-state index in [-0.39, 0.29) is 18.4 Å². The van der Waals surface area contributed by atoms with Crippen LogP contribution in [0.5, 0.6) is 5.75 Å². The van der Waals surface area contributed by atoms with Gasteiger partial charge in [0.2, 0.25) is 5.91 Å². The van der Waals surface area contributed by atoms with Gasteiger partial charge in [-0.15, -0.1) is 0 Å². The average molecular weight is 494 g/mol. The molecule has 0 unspecified atom stereocenters. The zero-order valence-electron chi connectivity index (χ0n) is 19.5. The predicted molar refractivity (Wildman–Crippen MR) is 142 cm³/mol. The molecule has 4 rings (SSSR count). The van der Waals surface area contributed by atoms with Crippen LogP contribution >= 0.6 is 24.0 Å². The van der Waals surface area contributed by atoms with Crippen LogP contribution in [0.1, 0.15) is 25.0 Å². The number of thiocarbonyl (C=S) groups is 1. The van der Waals surface area contributed by atoms with Crippen molar-refractivity contribution >= 4 is 57.1 Å². The van der Waals surface area contributed by atoms with Gasteiger partial charge in [0.05, 0.1) is 18.6 Å². The summed E-state index contributed by atoms with van der Waals surface area (Å²) in [5, 5.41) is 0.996. The third-order valence-electron chi connectivity index (χ3n) is 5.90. The first-order chi connectivity index (χ1) is 16.4. The van der Waals surface area contributed by atoms with Crippen molar-refractivity contribution in [3.05, 3.63) is 70.8 Å². The lowest BCUT2D eigenvalue weighted by Crippen LogP contribution is -2.33. The summed E-state index contributed by atoms with van der Waals surface area (Å²) in [5.74, 6) is 0.731. The molecular formula is C26H27N3O3S2. The topological polar surface area (TPSA) is 54.8 Å². The lowest BCUT2D eigenvalue weighted by Gasteiger charge is -2.19. The Morgan fingerprint density at radius 2 is 1.82 bits per heavy atom. The standard InChI is InChI=1S/C26H27N3O3S2/c1-4-27(5-2)24(30)17-28-16-19(21-8-6-7-9-22(21)28)14-23-25(31)29(26(33)34-23)15-18-10-12-20(32-3)13-11-18/h6-14,16H,4-5,15,17H2,1-3H3/b23-14-. The van der Waals surface area contributed by atoms with Crippen molar-refractivity contribution in [2.45, 2.75) is 26.9 Å². The van der Waals surface area contributed by atoms with Crippen LogP contribution in [0.2, 0.25) is 0 Å². The summed E-state index contributed by atoms with van der Waals surface area (Å²) in [6, 6.07) is 15.5. The van der Waals surface area contributed by atoms with Gasteiger partial charge in [0.25, 0.3) is 5.91 Å². The molecule has 0 atom stereocenters. The fourth-order valence-electron chi connectivity index (χ4n) is 4.03. The maximum absolute atomic E-state index is 13.2. The van der Waals surface area contributed by atoms with Gasteiger partial charge in [0.1, 0.15) is 16.6 Å². The summed E-state index contributed by atoms with van der Waals surface area (Å²) in [5.41, 5.74) is 2.83. The number of carbonyl (C=O) groups excluding carboxylic acids is 2. The molecule has 2 aromatic carbocycles. The van der Waals surface area contributed by atoms with Gasteiger partial charge in [-0.25, -0.2) is 0 Å². The summed E-state index contributed by atoms with van der Waals surface area (Å²) < 4.78 is 7.70. The monoisotopic (exact) mass is 493 g/mol. The number of methoxy groups -OCH3 is 1. The van der Waals surface area contributed by atoms with Crippen molar-refractivity contribution in [3.63, 3.8) is 0 Å². The molecular weight excluding hydrogens is 466 g/mol. The van der Waals surface area contributed by atoms with Gasteiger partial charge in [-0.2, -0.15) is 0 Å². The number of hydrogen-bond donors (Lipinski definition) is 0. The molecule has 0 radical (unpaired) electrons. The molecule has 1 fully saturated rings. The van der Waals surface area contributed by atoms with Gasteiger partial charge in [-0.1, -0.05) is 54.3 Å². The first-order valence-electron chi connectivity index (χ1n) is 11.2. The highest BCUT2D eigenvalue weighted by molar-refractivity contribution is 8.26. The Kier molecular flexibility index (Phi) is 7.38. The molecule has 2 amide bonds. The van der Waals surface area contributed by atoms with Crippen LogP contribution in [0.4, 0.5) is 0 Å². The van der Waals surface area contributed by atoms with Gasteiger partial charge in [-0.05, 0) is 43.7 Å². The molecule has 34 heavy (non-hydrogen) atoms. The largest absolute Gasteiger partial charge is 0.497 e. The Hall–Kier alpha value is -3.10. The summed E-state index contributed by atoms with van der Waals surface area (Å²) in [6.45, 7) is 5.99. The molecule has 1 aliphatic heterocycles. The molecule has 1 saturated heterocycles. The molecule has 176 valence electrons. The Morgan fingerprint density at radius 3 is 2.50 bits per heavy atom. The van der Waals surface area contributed by atoms with Crippen molar-refractivity contribution in [3.8, 4) is 5.75 Å². The van der Waals surface area contributed by atoms with Crippen molar-refractivity contribution in [1.82, 2.24) is 14.4 Å². The molecule has 0 saturated carbocycles. The van der Waals surface area contributed by atoms with Crippen LogP contribution in [0, 0.1) is 0 Å². The summed E-state index contributed by atoms with van der Waals surface area (Å²) in [6.07, 6.45) is 3.83. The quantitative estimate of drug-likeness (QED) is 0.329. The number of thioether (sulfide) groups is 1. The number of carbonyl (C=O) groups is 2. The number of nitrogens with zero attached hydrogens (tertiary/aromatic N) is 3. The normalized spacial score (nSPS) is 14.9. The van der Waals surface area contributed by atoms with Gasteiger partial charge in [-0.3, -0.25) is 14.5 Å². The number of ether oxygens (including phenoxy) is 1. The van der Waals surface area contributed by atoms with E-state index in [0.29, 0.717) is 28.9 Å². The van der Waals surface area contributed by atoms with E-state index >= 15 is 0 Å². The van der Waals surface area contributed by atoms with Crippen molar-refractivity contribution in [2.24, 2.45) is 0 Å². The zero-order valence-corrected chi connectivity index (χ0v) is 21.1. The Labute approximate surface area is 209 Å². The maximum atomic E-state index is 13.2. The van der Waals surface area contributed by atoms with Crippen LogP contribution in [0.25, 0.3) is 17.0 Å². The number of aromatic nitrogens is 1. The van der Waals surface area contributed by atoms with E-state index in [4.69, 9.17) is 17.0 Å². The molecule has 2 heterocycles. The van der Waals surface area contributed by atoms with Crippen molar-refractivity contribution < 1.29 is 14.3 Å². The Balaban J connectivity index is 1.60. The van der Waals surface area contributed by atoms with Gasteiger partial charge in [0.15, 0.2) is 0 Å². The average Bonchev–Trinajstić information content (AvgIpc) is 3.32. The summed E-state index contributed by atoms with van der Waals surface area (Å²) >= 11 is 6.83. The fraction of sp³-hybridized carbons (Fsp3) is 0.269. The maximum Gasteiger partial charge on any atom is 0.266 e. The minimum Gasteiger partial charge on any atom is -0.497 e. The van der Waals surface area contributed by atoms with E-state index < -0.39 is 0 Å². The highest BCUT2D eigenvalue weighted by atomic mass is 32.2. The fourth-order valence-corrected chi connectivity index (χ4v) is 5.28. The molecule has 6 nitrogen and oxygen atoms in total. The third kappa shape index (κ3) is 4.88. The van der Waals surface area contributed by atoms with Crippen LogP contribution < -0.4 is 4.74 Å². The first-order valence-corrected chi connectivity index (χ1v) is 12.4. The van der Waals surface area contributed by atoms with Gasteiger partial charge < -0.3 is 14.2 Å². The number of likely N-dealkylation sites (N-methyl/N-ethyl adjacent to an activating group) is 1. The molecule has 1 aliphatic rings. The van der Waals surface area contributed by atoms with E-state index in [2.05, 4.69) is 0 Å². The predicted octanol–water partition coefficient (Wildman–Crippen LogP) is 4.92. The van der Waals surface area contributed by atoms with Crippen LogP contribution in [-0.4, -0.2) is 50.7 Å². The second kappa shape index (κ2) is 10.4. The van der Waals surface area contributed by atoms with Crippen LogP contribution in [0.15, 0.2) is 59.6 Å². The zero-order chi connectivity index (χ0) is 24.2. The highest BCUT2D eigenvalue weighted by Crippen LogP contribution is 2.35. The minimum absolute atomic E-state index is 0.0723. The number of rotatable bonds is 8. The molecule has 0 N–H and O–H groups in total. The molecule has 0 spiro atoms. The molecule has 3 aromatic rings. The highest BCUT2D eigenvalue weighted by Gasteiger charge is 2.32. The number of benzene rings is 2. The van der Waals surface area contributed by atoms with E-state index in [1.165, 1.54) is 11.8 Å². The van der Waals surface area contributed by atoms with E-state index in [0.717, 1.165) is 27.8 Å². The Morgan fingerprint density at radius 1 is 1.12 bits per heavy atom.